The van der Waals surface area contributed by atoms with Gasteiger partial charge in [0.15, 0.2) is 0 Å². The summed E-state index contributed by atoms with van der Waals surface area (Å²) in [6.45, 7) is 6.14. The Hall–Kier alpha value is -2.23. The highest BCUT2D eigenvalue weighted by molar-refractivity contribution is 7.89. The smallest absolute Gasteiger partial charge is 0.243 e. The molecular formula is C27H30ClN3O3S2. The van der Waals surface area contributed by atoms with E-state index in [0.29, 0.717) is 24.7 Å². The first-order valence-corrected chi connectivity index (χ1v) is 14.9. The van der Waals surface area contributed by atoms with Crippen molar-refractivity contribution in [2.24, 2.45) is 0 Å². The van der Waals surface area contributed by atoms with Gasteiger partial charge >= 0.3 is 0 Å². The van der Waals surface area contributed by atoms with Crippen LogP contribution in [-0.2, 0) is 21.2 Å². The van der Waals surface area contributed by atoms with E-state index in [9.17, 15) is 13.2 Å². The van der Waals surface area contributed by atoms with Crippen LogP contribution in [-0.4, -0.2) is 67.2 Å². The third kappa shape index (κ3) is 4.85. The highest BCUT2D eigenvalue weighted by Gasteiger charge is 2.37. The SMILES string of the molecule is Cc1ccccc1C1c2ccsc2CCN1CC(=O)N1CCN(S(=O)(=O)c2ccc(Cl)cc2)C(C)C1. The molecule has 0 aliphatic carbocycles. The molecule has 2 unspecified atom stereocenters. The molecule has 2 aromatic carbocycles. The number of fused-ring (bicyclic) bond motifs is 1. The molecule has 1 aromatic heterocycles. The molecule has 0 N–H and O–H groups in total. The van der Waals surface area contributed by atoms with Crippen LogP contribution in [0.3, 0.4) is 0 Å². The lowest BCUT2D eigenvalue weighted by atomic mass is 9.90. The Morgan fingerprint density at radius 2 is 1.78 bits per heavy atom. The van der Waals surface area contributed by atoms with Crippen LogP contribution in [0.4, 0.5) is 0 Å². The van der Waals surface area contributed by atoms with E-state index in [1.807, 2.05) is 17.9 Å². The van der Waals surface area contributed by atoms with Crippen molar-refractivity contribution < 1.29 is 13.2 Å². The van der Waals surface area contributed by atoms with Gasteiger partial charge in [0, 0.05) is 42.1 Å². The molecule has 1 saturated heterocycles. The maximum absolute atomic E-state index is 13.5. The van der Waals surface area contributed by atoms with Gasteiger partial charge in [0.1, 0.15) is 0 Å². The lowest BCUT2D eigenvalue weighted by Gasteiger charge is -2.41. The number of sulfonamides is 1. The zero-order valence-electron chi connectivity index (χ0n) is 20.4. The molecule has 0 saturated carbocycles. The van der Waals surface area contributed by atoms with E-state index >= 15 is 0 Å². The molecule has 3 aromatic rings. The second kappa shape index (κ2) is 10.3. The first kappa shape index (κ1) is 25.4. The van der Waals surface area contributed by atoms with E-state index in [0.717, 1.165) is 13.0 Å². The summed E-state index contributed by atoms with van der Waals surface area (Å²) in [5, 5.41) is 2.64. The van der Waals surface area contributed by atoms with Crippen molar-refractivity contribution in [3.63, 3.8) is 0 Å². The molecule has 2 atom stereocenters. The van der Waals surface area contributed by atoms with Gasteiger partial charge in [-0.3, -0.25) is 9.69 Å². The van der Waals surface area contributed by atoms with Crippen LogP contribution in [0.2, 0.25) is 5.02 Å². The topological polar surface area (TPSA) is 60.9 Å². The molecule has 9 heteroatoms. The lowest BCUT2D eigenvalue weighted by molar-refractivity contribution is -0.135. The summed E-state index contributed by atoms with van der Waals surface area (Å²) in [6.07, 6.45) is 0.937. The Labute approximate surface area is 222 Å². The summed E-state index contributed by atoms with van der Waals surface area (Å²) in [5.41, 5.74) is 3.74. The zero-order chi connectivity index (χ0) is 25.4. The fourth-order valence-electron chi connectivity index (χ4n) is 5.34. The minimum atomic E-state index is -3.65. The summed E-state index contributed by atoms with van der Waals surface area (Å²) in [7, 11) is -3.65. The number of piperazine rings is 1. The molecule has 0 bridgehead atoms. The fourth-order valence-corrected chi connectivity index (χ4v) is 7.98. The van der Waals surface area contributed by atoms with Crippen molar-refractivity contribution in [3.8, 4) is 0 Å². The number of carbonyl (C=O) groups excluding carboxylic acids is 1. The molecule has 6 nitrogen and oxygen atoms in total. The van der Waals surface area contributed by atoms with Gasteiger partial charge in [0.2, 0.25) is 15.9 Å². The molecule has 190 valence electrons. The molecule has 3 heterocycles. The molecule has 2 aliphatic rings. The Kier molecular flexibility index (Phi) is 7.25. The average Bonchev–Trinajstić information content (AvgIpc) is 3.33. The third-order valence-corrected chi connectivity index (χ3v) is 10.5. The van der Waals surface area contributed by atoms with E-state index in [4.69, 9.17) is 11.6 Å². The van der Waals surface area contributed by atoms with Crippen LogP contribution in [0.15, 0.2) is 64.9 Å². The van der Waals surface area contributed by atoms with Crippen molar-refractivity contribution in [2.75, 3.05) is 32.7 Å². The number of hydrogen-bond donors (Lipinski definition) is 0. The molecule has 2 aliphatic heterocycles. The van der Waals surface area contributed by atoms with Crippen LogP contribution in [0, 0.1) is 6.92 Å². The Balaban J connectivity index is 1.31. The van der Waals surface area contributed by atoms with E-state index in [-0.39, 0.29) is 29.4 Å². The highest BCUT2D eigenvalue weighted by Crippen LogP contribution is 2.38. The third-order valence-electron chi connectivity index (χ3n) is 7.23. The lowest BCUT2D eigenvalue weighted by Crippen LogP contribution is -2.57. The second-order valence-corrected chi connectivity index (χ2v) is 12.9. The van der Waals surface area contributed by atoms with Crippen molar-refractivity contribution >= 4 is 38.9 Å². The van der Waals surface area contributed by atoms with Gasteiger partial charge in [-0.05, 0) is 72.7 Å². The predicted molar refractivity (Wildman–Crippen MR) is 144 cm³/mol. The predicted octanol–water partition coefficient (Wildman–Crippen LogP) is 4.58. The molecule has 0 radical (unpaired) electrons. The van der Waals surface area contributed by atoms with Crippen LogP contribution in [0.5, 0.6) is 0 Å². The standard InChI is InChI=1S/C27H30ClN3O3S2/c1-19-5-3-4-6-23(19)27-24-12-16-35-25(24)11-13-30(27)18-26(32)29-14-15-31(20(2)17-29)36(33,34)22-9-7-21(28)8-10-22/h3-10,12,16,20,27H,11,13-15,17-18H2,1-2H3. The summed E-state index contributed by atoms with van der Waals surface area (Å²) >= 11 is 7.72. The number of benzene rings is 2. The molecule has 0 spiro atoms. The van der Waals surface area contributed by atoms with Crippen LogP contribution in [0.1, 0.15) is 34.5 Å². The first-order chi connectivity index (χ1) is 17.3. The molecule has 1 amide bonds. The number of amides is 1. The summed E-state index contributed by atoms with van der Waals surface area (Å²) < 4.78 is 27.9. The monoisotopic (exact) mass is 543 g/mol. The highest BCUT2D eigenvalue weighted by atomic mass is 35.5. The Bertz CT molecular complexity index is 1360. The van der Waals surface area contributed by atoms with E-state index < -0.39 is 10.0 Å². The first-order valence-electron chi connectivity index (χ1n) is 12.2. The van der Waals surface area contributed by atoms with Crippen LogP contribution in [0.25, 0.3) is 0 Å². The number of halogens is 1. The summed E-state index contributed by atoms with van der Waals surface area (Å²) in [5.74, 6) is 0.0441. The maximum atomic E-state index is 13.5. The van der Waals surface area contributed by atoms with E-state index in [2.05, 4.69) is 41.5 Å². The van der Waals surface area contributed by atoms with Crippen molar-refractivity contribution in [3.05, 3.63) is 86.6 Å². The Morgan fingerprint density at radius 1 is 1.03 bits per heavy atom. The van der Waals surface area contributed by atoms with Gasteiger partial charge in [0.25, 0.3) is 0 Å². The van der Waals surface area contributed by atoms with E-state index in [1.165, 1.54) is 38.0 Å². The van der Waals surface area contributed by atoms with Gasteiger partial charge in [-0.1, -0.05) is 35.9 Å². The number of thiophene rings is 1. The molecule has 36 heavy (non-hydrogen) atoms. The second-order valence-electron chi connectivity index (χ2n) is 9.54. The summed E-state index contributed by atoms with van der Waals surface area (Å²) in [4.78, 5) is 19.2. The van der Waals surface area contributed by atoms with Crippen LogP contribution >= 0.6 is 22.9 Å². The van der Waals surface area contributed by atoms with Gasteiger partial charge < -0.3 is 4.90 Å². The minimum absolute atomic E-state index is 0.0441. The van der Waals surface area contributed by atoms with Crippen molar-refractivity contribution in [2.45, 2.75) is 37.2 Å². The number of aryl methyl sites for hydroxylation is 1. The number of carbonyl (C=O) groups is 1. The number of nitrogens with zero attached hydrogens (tertiary/aromatic N) is 3. The minimum Gasteiger partial charge on any atom is -0.339 e. The largest absolute Gasteiger partial charge is 0.339 e. The quantitative estimate of drug-likeness (QED) is 0.472. The molecular weight excluding hydrogens is 514 g/mol. The molecule has 5 rings (SSSR count). The number of hydrogen-bond acceptors (Lipinski definition) is 5. The van der Waals surface area contributed by atoms with Crippen LogP contribution < -0.4 is 0 Å². The zero-order valence-corrected chi connectivity index (χ0v) is 22.8. The van der Waals surface area contributed by atoms with E-state index in [1.54, 1.807) is 23.5 Å². The molecule has 1 fully saturated rings. The van der Waals surface area contributed by atoms with Gasteiger partial charge in [0.05, 0.1) is 17.5 Å². The normalized spacial score (nSPS) is 21.4. The number of rotatable bonds is 5. The van der Waals surface area contributed by atoms with Gasteiger partial charge in [-0.2, -0.15) is 4.31 Å². The van der Waals surface area contributed by atoms with Crippen molar-refractivity contribution in [1.82, 2.24) is 14.1 Å². The Morgan fingerprint density at radius 3 is 2.50 bits per heavy atom. The maximum Gasteiger partial charge on any atom is 0.243 e. The average molecular weight is 544 g/mol. The van der Waals surface area contributed by atoms with Gasteiger partial charge in [-0.15, -0.1) is 11.3 Å². The van der Waals surface area contributed by atoms with Gasteiger partial charge in [-0.25, -0.2) is 8.42 Å². The van der Waals surface area contributed by atoms with Crippen molar-refractivity contribution in [1.29, 1.82) is 0 Å². The summed E-state index contributed by atoms with van der Waals surface area (Å²) in [6, 6.07) is 16.5. The fraction of sp³-hybridized carbons (Fsp3) is 0.370.